The molecule has 0 saturated carbocycles. The van der Waals surface area contributed by atoms with E-state index in [9.17, 15) is 0 Å². The Hall–Kier alpha value is -0.346. The molecule has 0 amide bonds. The molecule has 2 heteroatoms. The second-order valence-corrected chi connectivity index (χ2v) is 11.0. The summed E-state index contributed by atoms with van der Waals surface area (Å²) >= 11 is 0. The van der Waals surface area contributed by atoms with Gasteiger partial charge in [-0.25, -0.2) is 0 Å². The van der Waals surface area contributed by atoms with Crippen LogP contribution in [0.2, 0.25) is 19.6 Å². The topological polar surface area (TPSA) is 0 Å². The Balaban J connectivity index is 3.37. The predicted molar refractivity (Wildman–Crippen MR) is 68.5 cm³/mol. The van der Waals surface area contributed by atoms with E-state index in [-0.39, 0.29) is 0 Å². The minimum absolute atomic E-state index is 1.11. The van der Waals surface area contributed by atoms with Crippen LogP contribution in [0, 0.1) is 13.8 Å². The third-order valence-electron chi connectivity index (χ3n) is 2.62. The van der Waals surface area contributed by atoms with Gasteiger partial charge in [0, 0.05) is 10.2 Å². The van der Waals surface area contributed by atoms with Gasteiger partial charge in [0.2, 0.25) is 0 Å². The molecule has 0 spiro atoms. The highest BCUT2D eigenvalue weighted by Gasteiger charge is 2.19. The number of hydrogen-bond acceptors (Lipinski definition) is 0. The first-order valence-corrected chi connectivity index (χ1v) is 9.40. The van der Waals surface area contributed by atoms with Crippen LogP contribution in [0.4, 0.5) is 0 Å². The van der Waals surface area contributed by atoms with Crippen molar-refractivity contribution in [2.75, 3.05) is 0 Å². The van der Waals surface area contributed by atoms with Gasteiger partial charge >= 0.3 is 0 Å². The summed E-state index contributed by atoms with van der Waals surface area (Å²) in [5, 5.41) is 3.32. The van der Waals surface area contributed by atoms with Crippen LogP contribution in [0.15, 0.2) is 12.1 Å². The van der Waals surface area contributed by atoms with Gasteiger partial charge in [0.05, 0.1) is 8.07 Å². The average Bonchev–Trinajstić information content (AvgIpc) is 1.94. The number of rotatable bonds is 1. The van der Waals surface area contributed by atoms with E-state index in [2.05, 4.69) is 45.6 Å². The second-order valence-electron chi connectivity index (χ2n) is 5.00. The third-order valence-corrected chi connectivity index (χ3v) is 6.58. The lowest BCUT2D eigenvalue weighted by atomic mass is 10.1. The molecule has 0 bridgehead atoms. The molecule has 0 fully saturated rings. The summed E-state index contributed by atoms with van der Waals surface area (Å²) < 4.78 is 0. The van der Waals surface area contributed by atoms with Crippen LogP contribution < -0.4 is 10.4 Å². The lowest BCUT2D eigenvalue weighted by Gasteiger charge is -2.21. The summed E-state index contributed by atoms with van der Waals surface area (Å²) in [6, 6.07) is 4.72. The number of hydrogen-bond donors (Lipinski definition) is 0. The zero-order valence-corrected chi connectivity index (χ0v) is 12.7. The molecule has 1 rings (SSSR count). The molecule has 0 nitrogen and oxygen atoms in total. The number of aryl methyl sites for hydroxylation is 2. The molecule has 0 aliphatic heterocycles. The van der Waals surface area contributed by atoms with Crippen molar-refractivity contribution in [3.8, 4) is 0 Å². The molecule has 72 valence electrons. The maximum absolute atomic E-state index is 2.43. The fourth-order valence-corrected chi connectivity index (χ4v) is 6.34. The Morgan fingerprint density at radius 2 is 1.62 bits per heavy atom. The van der Waals surface area contributed by atoms with Gasteiger partial charge in [-0.3, -0.25) is 0 Å². The molecule has 0 unspecified atom stereocenters. The highest BCUT2D eigenvalue weighted by Crippen LogP contribution is 2.05. The Morgan fingerprint density at radius 1 is 1.08 bits per heavy atom. The van der Waals surface area contributed by atoms with Gasteiger partial charge < -0.3 is 0 Å². The molecule has 0 N–H and O–H groups in total. The summed E-state index contributed by atoms with van der Waals surface area (Å²) in [4.78, 5) is 0. The minimum Gasteiger partial charge on any atom is -0.0686 e. The molecule has 13 heavy (non-hydrogen) atoms. The molecule has 0 radical (unpaired) electrons. The first-order chi connectivity index (χ1) is 5.82. The second kappa shape index (κ2) is 3.42. The van der Waals surface area contributed by atoms with Crippen LogP contribution in [0.25, 0.3) is 0 Å². The SMILES string of the molecule is Cc1cc(C)c([SiH3])c([Si](C)(C)C)c1. The molecule has 0 atom stereocenters. The van der Waals surface area contributed by atoms with E-state index >= 15 is 0 Å². The normalized spacial score (nSPS) is 12.1. The molecule has 0 aromatic heterocycles. The summed E-state index contributed by atoms with van der Waals surface area (Å²) in [5.41, 5.74) is 2.93. The smallest absolute Gasteiger partial charge is 0.0686 e. The lowest BCUT2D eigenvalue weighted by Crippen LogP contribution is -2.48. The summed E-state index contributed by atoms with van der Waals surface area (Å²) in [6.45, 7) is 11.8. The number of benzene rings is 1. The van der Waals surface area contributed by atoms with Crippen molar-refractivity contribution in [2.45, 2.75) is 33.5 Å². The zero-order chi connectivity index (χ0) is 10.2. The minimum atomic E-state index is -1.11. The monoisotopic (exact) mass is 208 g/mol. The lowest BCUT2D eigenvalue weighted by molar-refractivity contribution is 1.42. The molecule has 1 aromatic rings. The van der Waals surface area contributed by atoms with Gasteiger partial charge in [0.25, 0.3) is 0 Å². The van der Waals surface area contributed by atoms with E-state index in [4.69, 9.17) is 0 Å². The van der Waals surface area contributed by atoms with Crippen molar-refractivity contribution < 1.29 is 0 Å². The van der Waals surface area contributed by atoms with E-state index in [0.717, 1.165) is 0 Å². The molecule has 0 aliphatic carbocycles. The van der Waals surface area contributed by atoms with Crippen LogP contribution in [0.5, 0.6) is 0 Å². The molecular weight excluding hydrogens is 188 g/mol. The van der Waals surface area contributed by atoms with E-state index in [1.807, 2.05) is 0 Å². The molecular formula is C11H20Si2. The maximum Gasteiger partial charge on any atom is 0.0774 e. The van der Waals surface area contributed by atoms with Crippen LogP contribution in [0.3, 0.4) is 0 Å². The van der Waals surface area contributed by atoms with Crippen molar-refractivity contribution in [3.05, 3.63) is 23.3 Å². The van der Waals surface area contributed by atoms with Gasteiger partial charge in [0.15, 0.2) is 0 Å². The summed E-state index contributed by atoms with van der Waals surface area (Å²) in [5.74, 6) is 0. The molecule has 0 heterocycles. The van der Waals surface area contributed by atoms with Crippen molar-refractivity contribution in [3.63, 3.8) is 0 Å². The van der Waals surface area contributed by atoms with Crippen LogP contribution in [-0.2, 0) is 0 Å². The Bertz CT molecular complexity index is 322. The van der Waals surface area contributed by atoms with E-state index in [1.54, 1.807) is 10.4 Å². The molecule has 1 aromatic carbocycles. The Labute approximate surface area is 85.8 Å². The quantitative estimate of drug-likeness (QED) is 0.600. The van der Waals surface area contributed by atoms with E-state index in [1.165, 1.54) is 21.4 Å². The van der Waals surface area contributed by atoms with Crippen molar-refractivity contribution in [2.24, 2.45) is 0 Å². The summed E-state index contributed by atoms with van der Waals surface area (Å²) in [6.07, 6.45) is 0. The third kappa shape index (κ3) is 2.32. The van der Waals surface area contributed by atoms with Crippen LogP contribution in [0.1, 0.15) is 11.1 Å². The standard InChI is InChI=1S/C11H20Si2/c1-8-6-9(2)11(12)10(7-8)13(3,4)5/h6-7H,1-5,12H3. The fraction of sp³-hybridized carbons (Fsp3) is 0.455. The first-order valence-electron chi connectivity index (χ1n) is 4.90. The maximum atomic E-state index is 2.43. The predicted octanol–water partition coefficient (Wildman–Crippen LogP) is 0.839. The molecule has 0 saturated heterocycles. The van der Waals surface area contributed by atoms with Gasteiger partial charge in [-0.1, -0.05) is 53.3 Å². The average molecular weight is 208 g/mol. The fourth-order valence-electron chi connectivity index (χ4n) is 1.82. The zero-order valence-electron chi connectivity index (χ0n) is 9.65. The van der Waals surface area contributed by atoms with Gasteiger partial charge in [-0.05, 0) is 13.8 Å². The van der Waals surface area contributed by atoms with Crippen molar-refractivity contribution in [1.82, 2.24) is 0 Å². The first kappa shape index (κ1) is 10.7. The van der Waals surface area contributed by atoms with E-state index < -0.39 is 8.07 Å². The van der Waals surface area contributed by atoms with Gasteiger partial charge in [-0.2, -0.15) is 0 Å². The largest absolute Gasteiger partial charge is 0.0774 e. The van der Waals surface area contributed by atoms with Crippen LogP contribution in [-0.4, -0.2) is 18.3 Å². The van der Waals surface area contributed by atoms with Crippen molar-refractivity contribution >= 4 is 28.7 Å². The van der Waals surface area contributed by atoms with Gasteiger partial charge in [-0.15, -0.1) is 0 Å². The van der Waals surface area contributed by atoms with E-state index in [0.29, 0.717) is 0 Å². The highest BCUT2D eigenvalue weighted by molar-refractivity contribution is 6.91. The highest BCUT2D eigenvalue weighted by atomic mass is 28.3. The van der Waals surface area contributed by atoms with Gasteiger partial charge in [0.1, 0.15) is 0 Å². The van der Waals surface area contributed by atoms with Crippen molar-refractivity contribution in [1.29, 1.82) is 0 Å². The molecule has 0 aliphatic rings. The Morgan fingerprint density at radius 3 is 2.08 bits per heavy atom. The summed E-state index contributed by atoms with van der Waals surface area (Å²) in [7, 11) is 0.0853. The Kier molecular flexibility index (Phi) is 2.83. The van der Waals surface area contributed by atoms with Crippen LogP contribution >= 0.6 is 0 Å².